The van der Waals surface area contributed by atoms with Crippen molar-refractivity contribution in [1.29, 1.82) is 0 Å². The van der Waals surface area contributed by atoms with Crippen molar-refractivity contribution in [3.05, 3.63) is 0 Å². The van der Waals surface area contributed by atoms with Gasteiger partial charge in [0.15, 0.2) is 0 Å². The van der Waals surface area contributed by atoms with Gasteiger partial charge in [0.25, 0.3) is 0 Å². The Morgan fingerprint density at radius 3 is 2.14 bits per heavy atom. The van der Waals surface area contributed by atoms with Gasteiger partial charge in [0.05, 0.1) is 0 Å². The Hall–Kier alpha value is 0.495. The zero-order valence-electron chi connectivity index (χ0n) is 5.20. The van der Waals surface area contributed by atoms with Crippen LogP contribution in [-0.2, 0) is 0 Å². The highest BCUT2D eigenvalue weighted by molar-refractivity contribution is 7.36. The van der Waals surface area contributed by atoms with Crippen molar-refractivity contribution in [1.82, 2.24) is 0 Å². The average Bonchev–Trinajstić information content (AvgIpc) is 1.61. The van der Waals surface area contributed by atoms with Crippen molar-refractivity contribution in [2.24, 2.45) is 0 Å². The van der Waals surface area contributed by atoms with Gasteiger partial charge in [-0.2, -0.15) is 0 Å². The first-order chi connectivity index (χ1) is 2.91. The molecule has 0 spiro atoms. The molecule has 0 fully saturated rings. The Kier molecular flexibility index (Phi) is 14.5. The van der Waals surface area contributed by atoms with Crippen molar-refractivity contribution < 1.29 is 0 Å². The standard InChI is InChI=1S/C5H13P.B/c1-3-4-5-6-2;/h6H,3-5H2,1-2H3;. The second-order valence-electron chi connectivity index (χ2n) is 1.46. The van der Waals surface area contributed by atoms with E-state index < -0.39 is 0 Å². The summed E-state index contributed by atoms with van der Waals surface area (Å²) < 4.78 is 0. The van der Waals surface area contributed by atoms with E-state index in [0.717, 1.165) is 8.58 Å². The Morgan fingerprint density at radius 1 is 1.43 bits per heavy atom. The lowest BCUT2D eigenvalue weighted by atomic mass is 10.4. The largest absolute Gasteiger partial charge is 0.125 e. The van der Waals surface area contributed by atoms with Crippen LogP contribution >= 0.6 is 8.58 Å². The monoisotopic (exact) mass is 115 g/mol. The van der Waals surface area contributed by atoms with E-state index in [4.69, 9.17) is 0 Å². The molecule has 0 heterocycles. The fourth-order valence-corrected chi connectivity index (χ4v) is 1.06. The molecule has 0 aromatic heterocycles. The Morgan fingerprint density at radius 2 is 2.00 bits per heavy atom. The van der Waals surface area contributed by atoms with Crippen LogP contribution < -0.4 is 0 Å². The van der Waals surface area contributed by atoms with Crippen molar-refractivity contribution in [2.75, 3.05) is 12.8 Å². The van der Waals surface area contributed by atoms with Crippen LogP contribution in [0, 0.1) is 0 Å². The van der Waals surface area contributed by atoms with Crippen LogP contribution in [0.5, 0.6) is 0 Å². The second kappa shape index (κ2) is 9.71. The van der Waals surface area contributed by atoms with E-state index in [1.807, 2.05) is 0 Å². The van der Waals surface area contributed by atoms with Crippen LogP contribution in [0.15, 0.2) is 0 Å². The lowest BCUT2D eigenvalue weighted by Crippen LogP contribution is -1.69. The van der Waals surface area contributed by atoms with Crippen LogP contribution in [0.25, 0.3) is 0 Å². The minimum atomic E-state index is 0. The molecule has 0 amide bonds. The van der Waals surface area contributed by atoms with Crippen LogP contribution in [-0.4, -0.2) is 21.2 Å². The molecule has 0 aliphatic rings. The number of hydrogen-bond acceptors (Lipinski definition) is 0. The van der Waals surface area contributed by atoms with Gasteiger partial charge in [0.2, 0.25) is 0 Å². The number of hydrogen-bond donors (Lipinski definition) is 0. The molecule has 0 aromatic rings. The maximum Gasteiger partial charge on any atom is 0 e. The van der Waals surface area contributed by atoms with E-state index >= 15 is 0 Å². The molecule has 1 unspecified atom stereocenters. The minimum absolute atomic E-state index is 0. The zero-order chi connectivity index (χ0) is 4.83. The van der Waals surface area contributed by atoms with Gasteiger partial charge in [-0.3, -0.25) is 0 Å². The average molecular weight is 115 g/mol. The molecule has 0 saturated carbocycles. The summed E-state index contributed by atoms with van der Waals surface area (Å²) in [5.41, 5.74) is 0. The van der Waals surface area contributed by atoms with E-state index in [0.29, 0.717) is 0 Å². The number of unbranched alkanes of at least 4 members (excludes halogenated alkanes) is 1. The quantitative estimate of drug-likeness (QED) is 0.298. The lowest BCUT2D eigenvalue weighted by molar-refractivity contribution is 0.895. The third kappa shape index (κ3) is 10.7. The minimum Gasteiger partial charge on any atom is -0.125 e. The van der Waals surface area contributed by atoms with E-state index in [-0.39, 0.29) is 8.41 Å². The first-order valence-corrected chi connectivity index (χ1v) is 4.27. The molecule has 7 heavy (non-hydrogen) atoms. The van der Waals surface area contributed by atoms with Crippen molar-refractivity contribution in [3.63, 3.8) is 0 Å². The van der Waals surface area contributed by atoms with Gasteiger partial charge in [-0.05, 0) is 19.2 Å². The van der Waals surface area contributed by atoms with Crippen molar-refractivity contribution in [3.8, 4) is 0 Å². The molecule has 41 valence electrons. The summed E-state index contributed by atoms with van der Waals surface area (Å²) in [6, 6.07) is 0. The molecule has 0 aromatic carbocycles. The van der Waals surface area contributed by atoms with Gasteiger partial charge >= 0.3 is 0 Å². The summed E-state index contributed by atoms with van der Waals surface area (Å²) in [5, 5.41) is 0. The highest BCUT2D eigenvalue weighted by Crippen LogP contribution is 2.04. The molecule has 0 N–H and O–H groups in total. The Labute approximate surface area is 50.4 Å². The van der Waals surface area contributed by atoms with Gasteiger partial charge in [-0.1, -0.05) is 13.3 Å². The summed E-state index contributed by atoms with van der Waals surface area (Å²) in [6.45, 7) is 4.50. The van der Waals surface area contributed by atoms with Crippen LogP contribution in [0.2, 0.25) is 0 Å². The maximum absolute atomic E-state index is 2.26. The SMILES string of the molecule is CCCCPC.[B]. The maximum atomic E-state index is 2.26. The van der Waals surface area contributed by atoms with E-state index in [9.17, 15) is 0 Å². The van der Waals surface area contributed by atoms with E-state index in [2.05, 4.69) is 13.6 Å². The van der Waals surface area contributed by atoms with Gasteiger partial charge in [0.1, 0.15) is 0 Å². The normalized spacial score (nSPS) is 9.43. The first kappa shape index (κ1) is 10.5. The van der Waals surface area contributed by atoms with Crippen LogP contribution in [0.3, 0.4) is 0 Å². The van der Waals surface area contributed by atoms with Crippen LogP contribution in [0.1, 0.15) is 19.8 Å². The van der Waals surface area contributed by atoms with E-state index in [1.165, 1.54) is 19.0 Å². The summed E-state index contributed by atoms with van der Waals surface area (Å²) in [7, 11) is 1.16. The van der Waals surface area contributed by atoms with E-state index in [1.54, 1.807) is 0 Å². The van der Waals surface area contributed by atoms with Crippen molar-refractivity contribution in [2.45, 2.75) is 19.8 Å². The van der Waals surface area contributed by atoms with Crippen LogP contribution in [0.4, 0.5) is 0 Å². The summed E-state index contributed by atoms with van der Waals surface area (Å²) in [5.74, 6) is 0. The molecule has 0 nitrogen and oxygen atoms in total. The highest BCUT2D eigenvalue weighted by Gasteiger charge is 1.74. The summed E-state index contributed by atoms with van der Waals surface area (Å²) >= 11 is 0. The smallest absolute Gasteiger partial charge is 0 e. The molecule has 1 atom stereocenters. The highest BCUT2D eigenvalue weighted by atomic mass is 31.1. The molecular weight excluding hydrogens is 102 g/mol. The molecule has 0 saturated heterocycles. The number of rotatable bonds is 3. The molecule has 0 aliphatic heterocycles. The summed E-state index contributed by atoms with van der Waals surface area (Å²) in [4.78, 5) is 0. The Bertz CT molecular complexity index is 20.0. The summed E-state index contributed by atoms with van der Waals surface area (Å²) in [6.07, 6.45) is 4.23. The Balaban J connectivity index is 0. The predicted molar refractivity (Wildman–Crippen MR) is 39.8 cm³/mol. The first-order valence-electron chi connectivity index (χ1n) is 2.56. The molecule has 0 rings (SSSR count). The molecule has 2 heteroatoms. The molecule has 0 aliphatic carbocycles. The predicted octanol–water partition coefficient (Wildman–Crippen LogP) is 1.71. The third-order valence-corrected chi connectivity index (χ3v) is 1.63. The van der Waals surface area contributed by atoms with Gasteiger partial charge < -0.3 is 0 Å². The van der Waals surface area contributed by atoms with Crippen molar-refractivity contribution >= 4 is 17.0 Å². The second-order valence-corrected chi connectivity index (χ2v) is 2.66. The van der Waals surface area contributed by atoms with Gasteiger partial charge in [0, 0.05) is 8.41 Å². The third-order valence-electron chi connectivity index (χ3n) is 0.780. The molecular formula is C5H13BP. The fourth-order valence-electron chi connectivity index (χ4n) is 0.354. The van der Waals surface area contributed by atoms with Gasteiger partial charge in [-0.15, -0.1) is 8.58 Å². The molecule has 0 bridgehead atoms. The lowest BCUT2D eigenvalue weighted by Gasteiger charge is -1.86. The fraction of sp³-hybridized carbons (Fsp3) is 1.00. The van der Waals surface area contributed by atoms with Gasteiger partial charge in [-0.25, -0.2) is 0 Å². The topological polar surface area (TPSA) is 0 Å². The zero-order valence-corrected chi connectivity index (χ0v) is 6.20. The molecule has 3 radical (unpaired) electrons.